The second-order valence-corrected chi connectivity index (χ2v) is 11.9. The first-order chi connectivity index (χ1) is 22.7. The zero-order valence-corrected chi connectivity index (χ0v) is 26.4. The molecule has 0 fully saturated rings. The first-order valence-corrected chi connectivity index (χ1v) is 15.5. The molecule has 1 N–H and O–H groups in total. The molecule has 3 aromatic carbocycles. The third-order valence-corrected chi connectivity index (χ3v) is 9.06. The zero-order chi connectivity index (χ0) is 33.2. The predicted octanol–water partition coefficient (Wildman–Crippen LogP) is 4.65. The molecule has 6 aromatic rings. The standard InChI is InChI=1S/C34H29FN4O7S.K.H/c1-4-24-16-27-31(41)38(18-29(45-19(2)40)20-11-13-23(44-3)14-12-20)34(43)39(32(27)47-24)17-22-10-9-21(15-28(22)35)25-7-5-6-8-26(25)30-36-33(42)46-37-30;;/h5-16,29H,4,17-18H2,1-3H3,(H,36,37,42);;. The van der Waals surface area contributed by atoms with Crippen LogP contribution in [0.2, 0.25) is 0 Å². The predicted molar refractivity (Wildman–Crippen MR) is 181 cm³/mol. The van der Waals surface area contributed by atoms with Gasteiger partial charge < -0.3 is 9.47 Å². The molecule has 0 saturated carbocycles. The van der Waals surface area contributed by atoms with Crippen molar-refractivity contribution in [2.75, 3.05) is 7.11 Å². The van der Waals surface area contributed by atoms with E-state index in [1.807, 2.05) is 6.92 Å². The number of hydrogen-bond donors (Lipinski definition) is 1. The maximum atomic E-state index is 15.8. The van der Waals surface area contributed by atoms with E-state index >= 15 is 4.39 Å². The van der Waals surface area contributed by atoms with Crippen molar-refractivity contribution in [2.45, 2.75) is 39.5 Å². The third-order valence-electron chi connectivity index (χ3n) is 7.75. The van der Waals surface area contributed by atoms with Crippen molar-refractivity contribution >= 4 is 78.9 Å². The summed E-state index contributed by atoms with van der Waals surface area (Å²) in [5, 5.41) is 4.07. The first-order valence-electron chi connectivity index (χ1n) is 14.7. The van der Waals surface area contributed by atoms with Gasteiger partial charge in [0, 0.05) is 22.9 Å². The van der Waals surface area contributed by atoms with Gasteiger partial charge in [0.15, 0.2) is 5.82 Å². The number of aryl methyl sites for hydroxylation is 1. The number of rotatable bonds is 10. The summed E-state index contributed by atoms with van der Waals surface area (Å²) in [7, 11) is 1.53. The minimum absolute atomic E-state index is 0. The van der Waals surface area contributed by atoms with E-state index in [9.17, 15) is 19.2 Å². The second kappa shape index (κ2) is 15.1. The number of aromatic amines is 1. The van der Waals surface area contributed by atoms with Crippen molar-refractivity contribution < 1.29 is 23.2 Å². The van der Waals surface area contributed by atoms with Crippen LogP contribution in [0.4, 0.5) is 4.39 Å². The SMILES string of the molecule is CCc1cc2c(=O)n(CC(OC(C)=O)c3ccc(OC)cc3)c(=O)n(Cc3ccc(-c4ccccc4-c4noc(=O)[nH]4)cc3F)c2s1.[KH]. The second-order valence-electron chi connectivity index (χ2n) is 10.7. The fourth-order valence-electron chi connectivity index (χ4n) is 5.42. The van der Waals surface area contributed by atoms with E-state index in [4.69, 9.17) is 9.47 Å². The molecule has 6 rings (SSSR count). The summed E-state index contributed by atoms with van der Waals surface area (Å²) >= 11 is 1.30. The van der Waals surface area contributed by atoms with Gasteiger partial charge in [-0.25, -0.2) is 14.0 Å². The van der Waals surface area contributed by atoms with Crippen LogP contribution in [0.3, 0.4) is 0 Å². The van der Waals surface area contributed by atoms with Crippen molar-refractivity contribution in [3.8, 4) is 28.3 Å². The van der Waals surface area contributed by atoms with Crippen molar-refractivity contribution in [1.82, 2.24) is 19.3 Å². The molecule has 0 bridgehead atoms. The molecule has 14 heteroatoms. The Morgan fingerprint density at radius 2 is 1.75 bits per heavy atom. The molecular weight excluding hydrogens is 667 g/mol. The van der Waals surface area contributed by atoms with Gasteiger partial charge in [0.05, 0.1) is 25.6 Å². The third kappa shape index (κ3) is 7.23. The van der Waals surface area contributed by atoms with Gasteiger partial charge in [0.25, 0.3) is 5.56 Å². The molecule has 0 amide bonds. The molecule has 0 aliphatic heterocycles. The monoisotopic (exact) mass is 696 g/mol. The molecule has 1 unspecified atom stereocenters. The molecule has 48 heavy (non-hydrogen) atoms. The Morgan fingerprint density at radius 3 is 2.38 bits per heavy atom. The summed E-state index contributed by atoms with van der Waals surface area (Å²) < 4.78 is 33.7. The van der Waals surface area contributed by atoms with E-state index in [0.29, 0.717) is 44.6 Å². The number of thiophene rings is 1. The van der Waals surface area contributed by atoms with Gasteiger partial charge in [0.2, 0.25) is 0 Å². The van der Waals surface area contributed by atoms with Crippen LogP contribution >= 0.6 is 11.3 Å². The average Bonchev–Trinajstić information content (AvgIpc) is 3.71. The molecule has 0 saturated heterocycles. The number of hydrogen-bond acceptors (Lipinski definition) is 9. The number of carbonyl (C=O) groups is 1. The van der Waals surface area contributed by atoms with E-state index in [-0.39, 0.29) is 75.9 Å². The molecule has 0 radical (unpaired) electrons. The quantitative estimate of drug-likeness (QED) is 0.161. The van der Waals surface area contributed by atoms with Gasteiger partial charge in [-0.05, 0) is 47.4 Å². The fourth-order valence-corrected chi connectivity index (χ4v) is 6.50. The number of benzene rings is 3. The first kappa shape index (κ1) is 35.4. The molecule has 11 nitrogen and oxygen atoms in total. The number of aromatic nitrogens is 4. The summed E-state index contributed by atoms with van der Waals surface area (Å²) in [6.07, 6.45) is -0.316. The normalized spacial score (nSPS) is 11.7. The number of halogens is 1. The summed E-state index contributed by atoms with van der Waals surface area (Å²) in [4.78, 5) is 55.2. The average molecular weight is 697 g/mol. The number of ether oxygens (including phenoxy) is 2. The Morgan fingerprint density at radius 1 is 1.02 bits per heavy atom. The number of fused-ring (bicyclic) bond motifs is 1. The molecule has 242 valence electrons. The molecule has 0 aliphatic carbocycles. The number of nitrogens with one attached hydrogen (secondary N) is 1. The summed E-state index contributed by atoms with van der Waals surface area (Å²) in [5.74, 6) is -1.07. The molecule has 3 aromatic heterocycles. The molecular formula is C34H30FKN4O7S. The summed E-state index contributed by atoms with van der Waals surface area (Å²) in [6, 6.07) is 20.2. The van der Waals surface area contributed by atoms with Gasteiger partial charge in [-0.15, -0.1) is 11.3 Å². The number of nitrogens with zero attached hydrogens (tertiary/aromatic N) is 3. The Balaban J connectivity index is 0.00000451. The van der Waals surface area contributed by atoms with E-state index in [1.165, 1.54) is 36.0 Å². The van der Waals surface area contributed by atoms with Crippen molar-refractivity contribution in [1.29, 1.82) is 0 Å². The number of methoxy groups -OCH3 is 1. The topological polar surface area (TPSA) is 138 Å². The molecule has 0 aliphatic rings. The van der Waals surface area contributed by atoms with Gasteiger partial charge in [-0.2, -0.15) is 0 Å². The number of carbonyl (C=O) groups excluding carboxylic acids is 1. The Labute approximate surface area is 319 Å². The van der Waals surface area contributed by atoms with Gasteiger partial charge in [-0.3, -0.25) is 28.2 Å². The van der Waals surface area contributed by atoms with Crippen LogP contribution < -0.4 is 21.7 Å². The Hall–Kier alpha value is -3.92. The van der Waals surface area contributed by atoms with E-state index in [2.05, 4.69) is 14.7 Å². The van der Waals surface area contributed by atoms with Crippen molar-refractivity contribution in [2.24, 2.45) is 0 Å². The van der Waals surface area contributed by atoms with Crippen molar-refractivity contribution in [3.05, 3.63) is 126 Å². The van der Waals surface area contributed by atoms with Crippen LogP contribution in [0.1, 0.15) is 36.0 Å². The summed E-state index contributed by atoms with van der Waals surface area (Å²) in [6.45, 7) is 2.78. The molecule has 0 spiro atoms. The van der Waals surface area contributed by atoms with E-state index in [0.717, 1.165) is 9.44 Å². The van der Waals surface area contributed by atoms with E-state index in [1.54, 1.807) is 66.7 Å². The van der Waals surface area contributed by atoms with Gasteiger partial charge >= 0.3 is 68.8 Å². The van der Waals surface area contributed by atoms with Gasteiger partial charge in [-0.1, -0.05) is 60.6 Å². The van der Waals surface area contributed by atoms with Crippen LogP contribution in [0, 0.1) is 5.82 Å². The Kier molecular flexibility index (Phi) is 11.1. The van der Waals surface area contributed by atoms with Crippen LogP contribution in [-0.2, 0) is 29.0 Å². The van der Waals surface area contributed by atoms with Crippen LogP contribution in [-0.4, -0.2) is 83.7 Å². The van der Waals surface area contributed by atoms with Crippen LogP contribution in [0.15, 0.2) is 91.7 Å². The zero-order valence-electron chi connectivity index (χ0n) is 25.6. The Bertz CT molecular complexity index is 2290. The van der Waals surface area contributed by atoms with Crippen molar-refractivity contribution in [3.63, 3.8) is 0 Å². The van der Waals surface area contributed by atoms with Crippen LogP contribution in [0.5, 0.6) is 5.75 Å². The van der Waals surface area contributed by atoms with E-state index < -0.39 is 34.9 Å². The fraction of sp³-hybridized carbons (Fsp3) is 0.206. The van der Waals surface area contributed by atoms with Gasteiger partial charge in [0.1, 0.15) is 22.5 Å². The van der Waals surface area contributed by atoms with Crippen LogP contribution in [0.25, 0.3) is 32.7 Å². The molecule has 3 heterocycles. The maximum absolute atomic E-state index is 15.8. The number of esters is 1. The number of H-pyrrole nitrogens is 1. The molecule has 1 atom stereocenters. The summed E-state index contributed by atoms with van der Waals surface area (Å²) in [5.41, 5.74) is 1.25. The minimum atomic E-state index is -0.949.